The van der Waals surface area contributed by atoms with Crippen LogP contribution < -0.4 is 9.47 Å². The van der Waals surface area contributed by atoms with Crippen LogP contribution in [0, 0.1) is 0 Å². The van der Waals surface area contributed by atoms with E-state index in [9.17, 15) is 4.79 Å². The minimum atomic E-state index is -0.440. The zero-order chi connectivity index (χ0) is 16.2. The lowest BCUT2D eigenvalue weighted by Gasteiger charge is -2.11. The zero-order valence-corrected chi connectivity index (χ0v) is 14.2. The van der Waals surface area contributed by atoms with E-state index in [2.05, 4.69) is 15.9 Å². The van der Waals surface area contributed by atoms with Crippen LogP contribution in [0.5, 0.6) is 11.5 Å². The van der Waals surface area contributed by atoms with Crippen molar-refractivity contribution in [2.24, 2.45) is 0 Å². The van der Waals surface area contributed by atoms with Crippen LogP contribution in [-0.2, 0) is 0 Å². The second-order valence-electron chi connectivity index (χ2n) is 4.97. The number of fused-ring (bicyclic) bond motifs is 1. The molecule has 3 nitrogen and oxygen atoms in total. The van der Waals surface area contributed by atoms with Crippen LogP contribution >= 0.6 is 15.9 Å². The van der Waals surface area contributed by atoms with Gasteiger partial charge in [0.2, 0.25) is 0 Å². The maximum Gasteiger partial charge on any atom is 0.347 e. The van der Waals surface area contributed by atoms with Gasteiger partial charge in [0.15, 0.2) is 0 Å². The van der Waals surface area contributed by atoms with Gasteiger partial charge in [0.05, 0.1) is 6.61 Å². The van der Waals surface area contributed by atoms with Crippen LogP contribution in [0.2, 0.25) is 0 Å². The molecule has 0 spiro atoms. The van der Waals surface area contributed by atoms with Crippen molar-refractivity contribution in [1.29, 1.82) is 0 Å². The fraction of sp³-hybridized carbons (Fsp3) is 0.105. The van der Waals surface area contributed by atoms with Crippen molar-refractivity contribution in [2.75, 3.05) is 6.61 Å². The zero-order valence-electron chi connectivity index (χ0n) is 12.6. The Morgan fingerprint density at radius 3 is 2.57 bits per heavy atom. The summed E-state index contributed by atoms with van der Waals surface area (Å²) in [7, 11) is 0. The van der Waals surface area contributed by atoms with Crippen molar-refractivity contribution in [2.45, 2.75) is 6.92 Å². The first-order valence-electron chi connectivity index (χ1n) is 7.30. The van der Waals surface area contributed by atoms with Gasteiger partial charge in [-0.25, -0.2) is 4.79 Å². The number of esters is 1. The van der Waals surface area contributed by atoms with Gasteiger partial charge in [0.1, 0.15) is 17.1 Å². The Kier molecular flexibility index (Phi) is 4.63. The third kappa shape index (κ3) is 3.54. The summed E-state index contributed by atoms with van der Waals surface area (Å²) in [5.41, 5.74) is 0.398. The molecule has 4 heteroatoms. The van der Waals surface area contributed by atoms with E-state index in [0.29, 0.717) is 23.7 Å². The third-order valence-corrected chi connectivity index (χ3v) is 3.89. The molecule has 3 rings (SSSR count). The lowest BCUT2D eigenvalue weighted by atomic mass is 10.1. The maximum atomic E-state index is 12.5. The van der Waals surface area contributed by atoms with Gasteiger partial charge >= 0.3 is 5.97 Å². The lowest BCUT2D eigenvalue weighted by Crippen LogP contribution is -2.11. The van der Waals surface area contributed by atoms with Crippen molar-refractivity contribution >= 4 is 32.7 Å². The average molecular weight is 371 g/mol. The number of carbonyl (C=O) groups is 1. The number of rotatable bonds is 4. The van der Waals surface area contributed by atoms with Crippen molar-refractivity contribution < 1.29 is 14.3 Å². The standard InChI is InChI=1S/C19H15BrO3/c1-2-22-18-10-8-15(20)12-17(18)19(21)23-16-9-7-13-5-3-4-6-14(13)11-16/h3-12H,2H2,1H3. The molecule has 0 bridgehead atoms. The van der Waals surface area contributed by atoms with Gasteiger partial charge in [-0.1, -0.05) is 46.3 Å². The minimum Gasteiger partial charge on any atom is -0.493 e. The van der Waals surface area contributed by atoms with E-state index in [1.807, 2.05) is 49.4 Å². The van der Waals surface area contributed by atoms with Crippen LogP contribution in [0.15, 0.2) is 65.1 Å². The van der Waals surface area contributed by atoms with Crippen LogP contribution in [0.4, 0.5) is 0 Å². The lowest BCUT2D eigenvalue weighted by molar-refractivity contribution is 0.0730. The molecular formula is C19H15BrO3. The van der Waals surface area contributed by atoms with Gasteiger partial charge in [0.25, 0.3) is 0 Å². The van der Waals surface area contributed by atoms with Gasteiger partial charge < -0.3 is 9.47 Å². The molecular weight excluding hydrogens is 356 g/mol. The van der Waals surface area contributed by atoms with Crippen LogP contribution in [-0.4, -0.2) is 12.6 Å². The van der Waals surface area contributed by atoms with Crippen LogP contribution in [0.3, 0.4) is 0 Å². The van der Waals surface area contributed by atoms with Crippen molar-refractivity contribution in [3.05, 3.63) is 70.7 Å². The topological polar surface area (TPSA) is 35.5 Å². The highest BCUT2D eigenvalue weighted by molar-refractivity contribution is 9.10. The molecule has 0 aliphatic heterocycles. The summed E-state index contributed by atoms with van der Waals surface area (Å²) in [6, 6.07) is 18.8. The highest BCUT2D eigenvalue weighted by atomic mass is 79.9. The summed E-state index contributed by atoms with van der Waals surface area (Å²) in [4.78, 5) is 12.5. The second kappa shape index (κ2) is 6.84. The quantitative estimate of drug-likeness (QED) is 0.466. The smallest absolute Gasteiger partial charge is 0.347 e. The number of hydrogen-bond donors (Lipinski definition) is 0. The Balaban J connectivity index is 1.89. The van der Waals surface area contributed by atoms with E-state index in [1.165, 1.54) is 0 Å². The molecule has 0 radical (unpaired) electrons. The van der Waals surface area contributed by atoms with Gasteiger partial charge in [0, 0.05) is 4.47 Å². The molecule has 116 valence electrons. The SMILES string of the molecule is CCOc1ccc(Br)cc1C(=O)Oc1ccc2ccccc2c1. The monoisotopic (exact) mass is 370 g/mol. The van der Waals surface area contributed by atoms with Crippen LogP contribution in [0.25, 0.3) is 10.8 Å². The Labute approximate surface area is 143 Å². The molecule has 0 saturated carbocycles. The summed E-state index contributed by atoms with van der Waals surface area (Å²) in [6.07, 6.45) is 0. The number of hydrogen-bond acceptors (Lipinski definition) is 3. The molecule has 0 aliphatic carbocycles. The van der Waals surface area contributed by atoms with E-state index in [1.54, 1.807) is 18.2 Å². The molecule has 3 aromatic carbocycles. The normalized spacial score (nSPS) is 10.5. The molecule has 3 aromatic rings. The van der Waals surface area contributed by atoms with E-state index >= 15 is 0 Å². The summed E-state index contributed by atoms with van der Waals surface area (Å²) in [5.74, 6) is 0.586. The van der Waals surface area contributed by atoms with Crippen LogP contribution in [0.1, 0.15) is 17.3 Å². The highest BCUT2D eigenvalue weighted by Gasteiger charge is 2.15. The average Bonchev–Trinajstić information content (AvgIpc) is 2.56. The number of benzene rings is 3. The second-order valence-corrected chi connectivity index (χ2v) is 5.89. The molecule has 23 heavy (non-hydrogen) atoms. The Morgan fingerprint density at radius 2 is 1.78 bits per heavy atom. The first-order valence-corrected chi connectivity index (χ1v) is 8.10. The largest absolute Gasteiger partial charge is 0.493 e. The van der Waals surface area contributed by atoms with Gasteiger partial charge in [-0.15, -0.1) is 0 Å². The Hall–Kier alpha value is -2.33. The molecule has 0 atom stereocenters. The molecule has 0 amide bonds. The number of halogens is 1. The number of ether oxygens (including phenoxy) is 2. The van der Waals surface area contributed by atoms with E-state index in [0.717, 1.165) is 15.2 Å². The van der Waals surface area contributed by atoms with E-state index < -0.39 is 5.97 Å². The number of carbonyl (C=O) groups excluding carboxylic acids is 1. The van der Waals surface area contributed by atoms with Gasteiger partial charge in [-0.05, 0) is 48.0 Å². The molecule has 0 aromatic heterocycles. The van der Waals surface area contributed by atoms with E-state index in [4.69, 9.17) is 9.47 Å². The highest BCUT2D eigenvalue weighted by Crippen LogP contribution is 2.26. The predicted octanol–water partition coefficient (Wildman–Crippen LogP) is 5.22. The summed E-state index contributed by atoms with van der Waals surface area (Å²) in [6.45, 7) is 2.36. The molecule has 0 aliphatic rings. The minimum absolute atomic E-state index is 0.398. The molecule has 0 saturated heterocycles. The molecule has 0 fully saturated rings. The molecule has 0 N–H and O–H groups in total. The maximum absolute atomic E-state index is 12.5. The van der Waals surface area contributed by atoms with Gasteiger partial charge in [-0.2, -0.15) is 0 Å². The molecule has 0 heterocycles. The third-order valence-electron chi connectivity index (χ3n) is 3.39. The fourth-order valence-corrected chi connectivity index (χ4v) is 2.70. The van der Waals surface area contributed by atoms with Crippen molar-refractivity contribution in [1.82, 2.24) is 0 Å². The summed E-state index contributed by atoms with van der Waals surface area (Å²) < 4.78 is 11.8. The fourth-order valence-electron chi connectivity index (χ4n) is 2.34. The summed E-state index contributed by atoms with van der Waals surface area (Å²) in [5, 5.41) is 2.13. The Bertz CT molecular complexity index is 858. The Morgan fingerprint density at radius 1 is 1.00 bits per heavy atom. The van der Waals surface area contributed by atoms with Gasteiger partial charge in [-0.3, -0.25) is 0 Å². The predicted molar refractivity (Wildman–Crippen MR) is 94.2 cm³/mol. The first-order chi connectivity index (χ1) is 11.2. The summed E-state index contributed by atoms with van der Waals surface area (Å²) >= 11 is 3.37. The first kappa shape index (κ1) is 15.6. The van der Waals surface area contributed by atoms with Crippen molar-refractivity contribution in [3.63, 3.8) is 0 Å². The van der Waals surface area contributed by atoms with Crippen molar-refractivity contribution in [3.8, 4) is 11.5 Å². The van der Waals surface area contributed by atoms with E-state index in [-0.39, 0.29) is 0 Å². The molecule has 0 unspecified atom stereocenters.